The zero-order valence-electron chi connectivity index (χ0n) is 19.8. The van der Waals surface area contributed by atoms with Crippen LogP contribution in [0.15, 0.2) is 85.3 Å². The van der Waals surface area contributed by atoms with E-state index in [-0.39, 0.29) is 5.69 Å². The molecule has 1 aliphatic rings. The highest BCUT2D eigenvalue weighted by atomic mass is 19.1. The molecule has 0 radical (unpaired) electrons. The molecule has 7 heteroatoms. The van der Waals surface area contributed by atoms with Crippen LogP contribution in [-0.2, 0) is 17.6 Å². The van der Waals surface area contributed by atoms with Crippen LogP contribution in [-0.4, -0.2) is 21.8 Å². The van der Waals surface area contributed by atoms with Gasteiger partial charge in [0.15, 0.2) is 0 Å². The summed E-state index contributed by atoms with van der Waals surface area (Å²) in [6.45, 7) is 1.90. The van der Waals surface area contributed by atoms with Gasteiger partial charge in [-0.2, -0.15) is 0 Å². The molecule has 1 aromatic heterocycles. The fourth-order valence-electron chi connectivity index (χ4n) is 4.66. The molecular weight excluding hydrogens is 455 g/mol. The summed E-state index contributed by atoms with van der Waals surface area (Å²) in [5.74, 6) is -1.27. The molecule has 4 aromatic rings. The fraction of sp³-hybridized carbons (Fsp3) is 0.172. The summed E-state index contributed by atoms with van der Waals surface area (Å²) in [5.41, 5.74) is 5.13. The molecule has 0 saturated heterocycles. The Kier molecular flexibility index (Phi) is 6.54. The van der Waals surface area contributed by atoms with E-state index in [9.17, 15) is 14.0 Å². The number of aryl methyl sites for hydroxylation is 3. The molecule has 6 nitrogen and oxygen atoms in total. The van der Waals surface area contributed by atoms with Crippen molar-refractivity contribution in [1.82, 2.24) is 9.97 Å². The van der Waals surface area contributed by atoms with E-state index >= 15 is 0 Å². The number of nitrogens with one attached hydrogen (secondary N) is 1. The van der Waals surface area contributed by atoms with Gasteiger partial charge in [-0.1, -0.05) is 30.3 Å². The van der Waals surface area contributed by atoms with Crippen LogP contribution in [0.5, 0.6) is 0 Å². The van der Waals surface area contributed by atoms with Crippen molar-refractivity contribution in [1.29, 1.82) is 0 Å². The standard InChI is InChI=1S/C29H25FN4O2/c1-19-5-2-3-8-25(19)27(28(35)33-23-12-10-22(30)11-13-23)34(29(36)26-18-31-15-16-32-26)24-14-9-20-6-4-7-21(20)17-24/h2-3,5,8-18,27H,4,6-7H2,1H3,(H,33,35)/t27-/m1/s1. The zero-order valence-corrected chi connectivity index (χ0v) is 19.8. The van der Waals surface area contributed by atoms with Crippen molar-refractivity contribution in [2.45, 2.75) is 32.2 Å². The summed E-state index contributed by atoms with van der Waals surface area (Å²) in [6, 6.07) is 17.9. The van der Waals surface area contributed by atoms with Crippen LogP contribution in [0.1, 0.15) is 45.2 Å². The topological polar surface area (TPSA) is 75.2 Å². The lowest BCUT2D eigenvalue weighted by molar-refractivity contribution is -0.117. The van der Waals surface area contributed by atoms with Crippen molar-refractivity contribution in [3.63, 3.8) is 0 Å². The van der Waals surface area contributed by atoms with Crippen LogP contribution in [0.2, 0.25) is 0 Å². The fourth-order valence-corrected chi connectivity index (χ4v) is 4.66. The quantitative estimate of drug-likeness (QED) is 0.399. The van der Waals surface area contributed by atoms with E-state index in [2.05, 4.69) is 15.3 Å². The maximum atomic E-state index is 14.0. The van der Waals surface area contributed by atoms with E-state index in [1.54, 1.807) is 0 Å². The molecular formula is C29H25FN4O2. The second-order valence-corrected chi connectivity index (χ2v) is 8.83. The minimum atomic E-state index is -1.01. The predicted molar refractivity (Wildman–Crippen MR) is 136 cm³/mol. The van der Waals surface area contributed by atoms with E-state index < -0.39 is 23.7 Å². The molecule has 0 spiro atoms. The van der Waals surface area contributed by atoms with Gasteiger partial charge >= 0.3 is 0 Å². The van der Waals surface area contributed by atoms with Crippen LogP contribution in [0.4, 0.5) is 15.8 Å². The number of hydrogen-bond acceptors (Lipinski definition) is 4. The lowest BCUT2D eigenvalue weighted by Crippen LogP contribution is -2.42. The highest BCUT2D eigenvalue weighted by molar-refractivity contribution is 6.11. The first-order valence-electron chi connectivity index (χ1n) is 11.8. The van der Waals surface area contributed by atoms with Gasteiger partial charge in [-0.05, 0) is 84.8 Å². The van der Waals surface area contributed by atoms with Gasteiger partial charge < -0.3 is 5.32 Å². The normalized spacial score (nSPS) is 13.1. The van der Waals surface area contributed by atoms with Crippen LogP contribution < -0.4 is 10.2 Å². The van der Waals surface area contributed by atoms with Crippen molar-refractivity contribution >= 4 is 23.2 Å². The number of hydrogen-bond donors (Lipinski definition) is 1. The SMILES string of the molecule is Cc1ccccc1[C@H](C(=O)Nc1ccc(F)cc1)N(C(=O)c1cnccn1)c1ccc2c(c1)CCC2. The molecule has 180 valence electrons. The monoisotopic (exact) mass is 480 g/mol. The number of benzene rings is 3. The van der Waals surface area contributed by atoms with Gasteiger partial charge in [-0.25, -0.2) is 9.37 Å². The Balaban J connectivity index is 1.65. The van der Waals surface area contributed by atoms with Crippen molar-refractivity contribution in [3.05, 3.63) is 119 Å². The molecule has 5 rings (SSSR count). The molecule has 1 atom stereocenters. The Hall–Kier alpha value is -4.39. The maximum Gasteiger partial charge on any atom is 0.279 e. The molecule has 1 aliphatic carbocycles. The van der Waals surface area contributed by atoms with Gasteiger partial charge in [0.05, 0.1) is 6.20 Å². The van der Waals surface area contributed by atoms with Crippen LogP contribution >= 0.6 is 0 Å². The second-order valence-electron chi connectivity index (χ2n) is 8.83. The van der Waals surface area contributed by atoms with E-state index in [1.807, 2.05) is 49.4 Å². The van der Waals surface area contributed by atoms with Gasteiger partial charge in [-0.15, -0.1) is 0 Å². The summed E-state index contributed by atoms with van der Waals surface area (Å²) in [4.78, 5) is 37.6. The number of halogens is 1. The lowest BCUT2D eigenvalue weighted by Gasteiger charge is -2.32. The van der Waals surface area contributed by atoms with Crippen LogP contribution in [0.25, 0.3) is 0 Å². The summed E-state index contributed by atoms with van der Waals surface area (Å²) in [6.07, 6.45) is 7.33. The van der Waals surface area contributed by atoms with Crippen molar-refractivity contribution in [3.8, 4) is 0 Å². The molecule has 2 amide bonds. The van der Waals surface area contributed by atoms with Crippen molar-refractivity contribution in [2.75, 3.05) is 10.2 Å². The first kappa shape index (κ1) is 23.4. The number of carbonyl (C=O) groups is 2. The number of fused-ring (bicyclic) bond motifs is 1. The molecule has 1 heterocycles. The minimum absolute atomic E-state index is 0.131. The molecule has 1 N–H and O–H groups in total. The Morgan fingerprint density at radius 3 is 2.50 bits per heavy atom. The smallest absolute Gasteiger partial charge is 0.279 e. The summed E-state index contributed by atoms with van der Waals surface area (Å²) < 4.78 is 13.5. The largest absolute Gasteiger partial charge is 0.324 e. The van der Waals surface area contributed by atoms with Gasteiger partial charge in [0.2, 0.25) is 0 Å². The average molecular weight is 481 g/mol. The average Bonchev–Trinajstić information content (AvgIpc) is 3.37. The highest BCUT2D eigenvalue weighted by Crippen LogP contribution is 2.35. The second kappa shape index (κ2) is 10.1. The number of carbonyl (C=O) groups excluding carboxylic acids is 2. The Morgan fingerprint density at radius 2 is 1.75 bits per heavy atom. The predicted octanol–water partition coefficient (Wildman–Crippen LogP) is 5.44. The summed E-state index contributed by atoms with van der Waals surface area (Å²) >= 11 is 0. The number of amides is 2. The third-order valence-corrected chi connectivity index (χ3v) is 6.46. The molecule has 0 saturated carbocycles. The molecule has 36 heavy (non-hydrogen) atoms. The number of aromatic nitrogens is 2. The van der Waals surface area contributed by atoms with Gasteiger partial charge in [0.25, 0.3) is 11.8 Å². The van der Waals surface area contributed by atoms with Crippen LogP contribution in [0.3, 0.4) is 0 Å². The molecule has 0 fully saturated rings. The zero-order chi connectivity index (χ0) is 25.1. The van der Waals surface area contributed by atoms with Crippen molar-refractivity contribution < 1.29 is 14.0 Å². The molecule has 0 aliphatic heterocycles. The third kappa shape index (κ3) is 4.73. The number of anilines is 2. The molecule has 0 unspecified atom stereocenters. The van der Waals surface area contributed by atoms with Gasteiger partial charge in [-0.3, -0.25) is 19.5 Å². The molecule has 3 aromatic carbocycles. The molecule has 0 bridgehead atoms. The van der Waals surface area contributed by atoms with E-state index in [0.29, 0.717) is 16.9 Å². The summed E-state index contributed by atoms with van der Waals surface area (Å²) in [7, 11) is 0. The van der Waals surface area contributed by atoms with E-state index in [0.717, 1.165) is 24.8 Å². The third-order valence-electron chi connectivity index (χ3n) is 6.46. The maximum absolute atomic E-state index is 14.0. The highest BCUT2D eigenvalue weighted by Gasteiger charge is 2.35. The van der Waals surface area contributed by atoms with Crippen molar-refractivity contribution in [2.24, 2.45) is 0 Å². The van der Waals surface area contributed by atoms with E-state index in [1.165, 1.54) is 58.9 Å². The first-order chi connectivity index (χ1) is 17.5. The first-order valence-corrected chi connectivity index (χ1v) is 11.8. The minimum Gasteiger partial charge on any atom is -0.324 e. The van der Waals surface area contributed by atoms with Gasteiger partial charge in [0.1, 0.15) is 17.6 Å². The van der Waals surface area contributed by atoms with Gasteiger partial charge in [0, 0.05) is 23.8 Å². The number of rotatable bonds is 6. The Morgan fingerprint density at radius 1 is 0.972 bits per heavy atom. The van der Waals surface area contributed by atoms with Crippen LogP contribution in [0, 0.1) is 12.7 Å². The Labute approximate surface area is 208 Å². The lowest BCUT2D eigenvalue weighted by atomic mass is 9.97. The Bertz CT molecular complexity index is 1410. The number of nitrogens with zero attached hydrogens (tertiary/aromatic N) is 3. The van der Waals surface area contributed by atoms with E-state index in [4.69, 9.17) is 0 Å². The summed E-state index contributed by atoms with van der Waals surface area (Å²) in [5, 5.41) is 2.87.